The van der Waals surface area contributed by atoms with Gasteiger partial charge in [0.15, 0.2) is 0 Å². The van der Waals surface area contributed by atoms with Crippen molar-refractivity contribution in [2.45, 2.75) is 105 Å². The van der Waals surface area contributed by atoms with Crippen molar-refractivity contribution in [3.8, 4) is 0 Å². The van der Waals surface area contributed by atoms with Crippen molar-refractivity contribution in [3.63, 3.8) is 0 Å². The van der Waals surface area contributed by atoms with E-state index in [0.717, 1.165) is 32.6 Å². The second-order valence-electron chi connectivity index (χ2n) is 20.0. The lowest BCUT2D eigenvalue weighted by Gasteiger charge is -2.72. The maximum Gasteiger partial charge on any atom is 0.335 e. The predicted molar refractivity (Wildman–Crippen MR) is 216 cm³/mol. The molecule has 8 nitrogen and oxygen atoms in total. The predicted octanol–water partition coefficient (Wildman–Crippen LogP) is 7.61. The van der Waals surface area contributed by atoms with Gasteiger partial charge in [-0.3, -0.25) is 14.5 Å². The smallest absolute Gasteiger partial charge is 0.335 e. The van der Waals surface area contributed by atoms with E-state index in [-0.39, 0.29) is 33.1 Å². The zero-order valence-corrected chi connectivity index (χ0v) is 34.6. The first kappa shape index (κ1) is 39.3. The molecule has 1 aromatic carbocycles. The van der Waals surface area contributed by atoms with E-state index in [0.29, 0.717) is 48.2 Å². The molecule has 1 aliphatic heterocycles. The van der Waals surface area contributed by atoms with E-state index < -0.39 is 11.9 Å². The minimum atomic E-state index is -0.870. The van der Waals surface area contributed by atoms with Gasteiger partial charge in [0.25, 0.3) is 0 Å². The van der Waals surface area contributed by atoms with E-state index >= 15 is 0 Å². The molecule has 1 aromatic rings. The van der Waals surface area contributed by atoms with Crippen LogP contribution in [0.3, 0.4) is 0 Å². The van der Waals surface area contributed by atoms with Crippen LogP contribution in [0.1, 0.15) is 115 Å². The maximum absolute atomic E-state index is 12.6. The molecule has 54 heavy (non-hydrogen) atoms. The Labute approximate surface area is 325 Å². The van der Waals surface area contributed by atoms with Crippen LogP contribution in [0, 0.1) is 51.2 Å². The number of allylic oxidation sites excluding steroid dienone is 3. The molecule has 1 saturated heterocycles. The molecule has 7 rings (SSSR count). The van der Waals surface area contributed by atoms with Crippen molar-refractivity contribution in [1.29, 1.82) is 0 Å². The highest BCUT2D eigenvalue weighted by Gasteiger charge is 2.70. The van der Waals surface area contributed by atoms with Gasteiger partial charge in [0.1, 0.15) is 0 Å². The van der Waals surface area contributed by atoms with E-state index in [1.807, 2.05) is 12.1 Å². The molecule has 5 aliphatic carbocycles. The molecule has 5 fully saturated rings. The van der Waals surface area contributed by atoms with Gasteiger partial charge in [-0.05, 0) is 139 Å². The zero-order chi connectivity index (χ0) is 39.0. The summed E-state index contributed by atoms with van der Waals surface area (Å²) in [5, 5.41) is 13.8. The van der Waals surface area contributed by atoms with Gasteiger partial charge in [0.05, 0.1) is 5.56 Å². The number of aromatic carboxylic acids is 1. The molecule has 0 radical (unpaired) electrons. The van der Waals surface area contributed by atoms with Crippen LogP contribution >= 0.6 is 0 Å². The number of carbonyl (C=O) groups excluding carboxylic acids is 2. The summed E-state index contributed by atoms with van der Waals surface area (Å²) >= 11 is 0. The molecule has 9 atom stereocenters. The third-order valence-electron chi connectivity index (χ3n) is 17.2. The molecule has 0 bridgehead atoms. The van der Waals surface area contributed by atoms with Crippen LogP contribution < -0.4 is 5.32 Å². The van der Waals surface area contributed by atoms with Crippen molar-refractivity contribution < 1.29 is 19.5 Å². The Kier molecular flexibility index (Phi) is 10.1. The standard InChI is InChI=1S/C46H68N4O4/c1-30(2)33-16-21-46(47-24-25-49-26-28-50(29-27-49)40(52)39(51)48(8)9)23-22-44(6)35(38(33)46)14-15-37-43(5)19-17-34(31-10-12-32(13-11-31)41(53)54)42(3,4)36(43)18-20-45(37,44)7/h10-13,17,33,35-38,47H,1,14-16,18-29H2,2-9H3,(H,53,54)/t33-,35+,36?,37?,38?,43-,44+,45+,46-/m0/s1. The number of nitrogens with one attached hydrogen (secondary N) is 1. The van der Waals surface area contributed by atoms with E-state index in [9.17, 15) is 19.5 Å². The van der Waals surface area contributed by atoms with Crippen LogP contribution in [-0.2, 0) is 9.59 Å². The topological polar surface area (TPSA) is 93.2 Å². The average molecular weight is 741 g/mol. The molecule has 6 aliphatic rings. The van der Waals surface area contributed by atoms with Gasteiger partial charge in [-0.2, -0.15) is 0 Å². The maximum atomic E-state index is 12.6. The SMILES string of the molecule is C=C(C)[C@@H]1CC[C@]2(NCCN3CCN(C(=O)C(=O)N(C)C)CC3)CC[C@]3(C)[C@H](CCC4[C@@]5(C)CC=C(c6ccc(C(=O)O)cc6)C(C)(C)C5CC[C@]43C)C12. The number of hydrogen-bond acceptors (Lipinski definition) is 5. The average Bonchev–Trinajstić information content (AvgIpc) is 3.51. The Morgan fingerprint density at radius 3 is 2.19 bits per heavy atom. The quantitative estimate of drug-likeness (QED) is 0.221. The molecule has 1 heterocycles. The van der Waals surface area contributed by atoms with Crippen LogP contribution in [0.15, 0.2) is 42.5 Å². The number of benzene rings is 1. The highest BCUT2D eigenvalue weighted by Crippen LogP contribution is 2.76. The minimum Gasteiger partial charge on any atom is -0.478 e. The number of carbonyl (C=O) groups is 3. The summed E-state index contributed by atoms with van der Waals surface area (Å²) in [5.74, 6) is 1.39. The lowest BCUT2D eigenvalue weighted by atomic mass is 9.33. The first-order valence-corrected chi connectivity index (χ1v) is 21.1. The molecule has 2 N–H and O–H groups in total. The summed E-state index contributed by atoms with van der Waals surface area (Å²) in [5.41, 5.74) is 5.20. The number of hydrogen-bond donors (Lipinski definition) is 2. The number of fused-ring (bicyclic) bond motifs is 7. The molecule has 3 unspecified atom stereocenters. The summed E-state index contributed by atoms with van der Waals surface area (Å²) in [6.45, 7) is 24.7. The van der Waals surface area contributed by atoms with Crippen molar-refractivity contribution in [2.75, 3.05) is 53.4 Å². The molecule has 0 aromatic heterocycles. The molecule has 0 spiro atoms. The van der Waals surface area contributed by atoms with Crippen molar-refractivity contribution in [2.24, 2.45) is 51.2 Å². The third-order valence-corrected chi connectivity index (χ3v) is 17.2. The largest absolute Gasteiger partial charge is 0.478 e. The van der Waals surface area contributed by atoms with Gasteiger partial charge in [-0.15, -0.1) is 0 Å². The number of nitrogens with zero attached hydrogens (tertiary/aromatic N) is 3. The Hall–Kier alpha value is -2.97. The Morgan fingerprint density at radius 1 is 0.870 bits per heavy atom. The molecule has 296 valence electrons. The van der Waals surface area contributed by atoms with Crippen molar-refractivity contribution >= 4 is 23.4 Å². The van der Waals surface area contributed by atoms with Crippen LogP contribution in [0.4, 0.5) is 0 Å². The van der Waals surface area contributed by atoms with E-state index in [2.05, 4.69) is 64.4 Å². The van der Waals surface area contributed by atoms with Crippen LogP contribution in [0.25, 0.3) is 5.57 Å². The summed E-state index contributed by atoms with van der Waals surface area (Å²) in [7, 11) is 3.28. The number of carboxylic acid groups (broad SMARTS) is 1. The molecule has 4 saturated carbocycles. The summed E-state index contributed by atoms with van der Waals surface area (Å²) in [4.78, 5) is 42.0. The van der Waals surface area contributed by atoms with Gasteiger partial charge in [0.2, 0.25) is 0 Å². The number of carboxylic acids is 1. The Morgan fingerprint density at radius 2 is 1.56 bits per heavy atom. The first-order chi connectivity index (χ1) is 25.4. The molecular formula is C46H68N4O4. The van der Waals surface area contributed by atoms with Gasteiger partial charge < -0.3 is 20.2 Å². The normalized spacial score (nSPS) is 38.6. The number of rotatable bonds is 7. The van der Waals surface area contributed by atoms with Crippen molar-refractivity contribution in [3.05, 3.63) is 53.6 Å². The van der Waals surface area contributed by atoms with Gasteiger partial charge in [-0.25, -0.2) is 4.79 Å². The summed E-state index contributed by atoms with van der Waals surface area (Å²) < 4.78 is 0. The minimum absolute atomic E-state index is 0.00474. The number of amides is 2. The van der Waals surface area contributed by atoms with Crippen LogP contribution in [0.2, 0.25) is 0 Å². The highest BCUT2D eigenvalue weighted by molar-refractivity contribution is 6.34. The van der Waals surface area contributed by atoms with Gasteiger partial charge >= 0.3 is 17.8 Å². The molecular weight excluding hydrogens is 673 g/mol. The van der Waals surface area contributed by atoms with Crippen LogP contribution in [0.5, 0.6) is 0 Å². The van der Waals surface area contributed by atoms with E-state index in [4.69, 9.17) is 0 Å². The van der Waals surface area contributed by atoms with Crippen LogP contribution in [-0.4, -0.2) is 96.5 Å². The number of piperazine rings is 1. The molecule has 8 heteroatoms. The lowest BCUT2D eigenvalue weighted by Crippen LogP contribution is -2.68. The lowest BCUT2D eigenvalue weighted by molar-refractivity contribution is -0.219. The molecule has 2 amide bonds. The zero-order valence-electron chi connectivity index (χ0n) is 34.6. The van der Waals surface area contributed by atoms with E-state index in [1.165, 1.54) is 73.0 Å². The Balaban J connectivity index is 1.08. The van der Waals surface area contributed by atoms with Gasteiger partial charge in [-0.1, -0.05) is 65.0 Å². The Bertz CT molecular complexity index is 1690. The third kappa shape index (κ3) is 6.02. The monoisotopic (exact) mass is 741 g/mol. The fourth-order valence-corrected chi connectivity index (χ4v) is 14.3. The van der Waals surface area contributed by atoms with Gasteiger partial charge in [0, 0.05) is 58.9 Å². The highest BCUT2D eigenvalue weighted by atomic mass is 16.4. The summed E-state index contributed by atoms with van der Waals surface area (Å²) in [6.07, 6.45) is 13.7. The second-order valence-corrected chi connectivity index (χ2v) is 20.0. The first-order valence-electron chi connectivity index (χ1n) is 21.1. The number of likely N-dealkylation sites (N-methyl/N-ethyl adjacent to an activating group) is 1. The van der Waals surface area contributed by atoms with Crippen molar-refractivity contribution in [1.82, 2.24) is 20.0 Å². The fourth-order valence-electron chi connectivity index (χ4n) is 14.3. The fraction of sp³-hybridized carbons (Fsp3) is 0.717. The van der Waals surface area contributed by atoms with E-state index in [1.54, 1.807) is 31.1 Å². The second kappa shape index (κ2) is 13.9. The summed E-state index contributed by atoms with van der Waals surface area (Å²) in [6, 6.07) is 7.59.